The first-order valence-electron chi connectivity index (χ1n) is 7.76. The summed E-state index contributed by atoms with van der Waals surface area (Å²) in [5, 5.41) is 14.2. The molecule has 3 rings (SSSR count). The Labute approximate surface area is 146 Å². The van der Waals surface area contributed by atoms with Crippen molar-refractivity contribution in [1.29, 1.82) is 5.26 Å². The molecule has 3 aromatic carbocycles. The van der Waals surface area contributed by atoms with Crippen molar-refractivity contribution in [2.45, 2.75) is 0 Å². The SMILES string of the molecule is COc1ccc(NC(=O)/C(C#N)=C/c2cccc3ccccc23)cc1. The lowest BCUT2D eigenvalue weighted by Gasteiger charge is -2.06. The van der Waals surface area contributed by atoms with E-state index < -0.39 is 5.91 Å². The lowest BCUT2D eigenvalue weighted by atomic mass is 10.0. The Morgan fingerprint density at radius 1 is 1.04 bits per heavy atom. The van der Waals surface area contributed by atoms with Crippen molar-refractivity contribution < 1.29 is 9.53 Å². The van der Waals surface area contributed by atoms with Crippen LogP contribution in [0.25, 0.3) is 16.8 Å². The predicted molar refractivity (Wildman–Crippen MR) is 99.2 cm³/mol. The van der Waals surface area contributed by atoms with Gasteiger partial charge in [0.15, 0.2) is 0 Å². The second kappa shape index (κ2) is 7.33. The van der Waals surface area contributed by atoms with Crippen molar-refractivity contribution >= 4 is 28.4 Å². The number of amides is 1. The first-order chi connectivity index (χ1) is 12.2. The zero-order valence-electron chi connectivity index (χ0n) is 13.7. The van der Waals surface area contributed by atoms with Gasteiger partial charge in [0.1, 0.15) is 17.4 Å². The number of nitriles is 1. The second-order valence-corrected chi connectivity index (χ2v) is 5.42. The number of benzene rings is 3. The zero-order valence-corrected chi connectivity index (χ0v) is 13.7. The molecule has 0 aliphatic carbocycles. The Morgan fingerprint density at radius 2 is 1.76 bits per heavy atom. The van der Waals surface area contributed by atoms with Gasteiger partial charge in [0.2, 0.25) is 0 Å². The van der Waals surface area contributed by atoms with Gasteiger partial charge in [-0.15, -0.1) is 0 Å². The normalized spacial score (nSPS) is 11.0. The average Bonchev–Trinajstić information content (AvgIpc) is 2.66. The summed E-state index contributed by atoms with van der Waals surface area (Å²) in [7, 11) is 1.58. The van der Waals surface area contributed by atoms with Crippen LogP contribution in [0.2, 0.25) is 0 Å². The number of fused-ring (bicyclic) bond motifs is 1. The van der Waals surface area contributed by atoms with Crippen molar-refractivity contribution in [1.82, 2.24) is 0 Å². The lowest BCUT2D eigenvalue weighted by molar-refractivity contribution is -0.112. The Hall–Kier alpha value is -3.58. The van der Waals surface area contributed by atoms with Crippen LogP contribution in [0, 0.1) is 11.3 Å². The number of nitrogens with zero attached hydrogens (tertiary/aromatic N) is 1. The lowest BCUT2D eigenvalue weighted by Crippen LogP contribution is -2.13. The van der Waals surface area contributed by atoms with Gasteiger partial charge in [-0.05, 0) is 46.7 Å². The molecule has 0 saturated carbocycles. The number of anilines is 1. The highest BCUT2D eigenvalue weighted by Crippen LogP contribution is 2.21. The first kappa shape index (κ1) is 16.3. The van der Waals surface area contributed by atoms with E-state index in [0.717, 1.165) is 16.3 Å². The van der Waals surface area contributed by atoms with Gasteiger partial charge in [0.05, 0.1) is 7.11 Å². The van der Waals surface area contributed by atoms with Crippen molar-refractivity contribution in [2.24, 2.45) is 0 Å². The summed E-state index contributed by atoms with van der Waals surface area (Å²) in [5.74, 6) is 0.255. The van der Waals surface area contributed by atoms with Gasteiger partial charge >= 0.3 is 0 Å². The zero-order chi connectivity index (χ0) is 17.6. The van der Waals surface area contributed by atoms with E-state index in [-0.39, 0.29) is 5.57 Å². The second-order valence-electron chi connectivity index (χ2n) is 5.42. The van der Waals surface area contributed by atoms with Gasteiger partial charge in [0, 0.05) is 5.69 Å². The molecule has 0 spiro atoms. The molecule has 25 heavy (non-hydrogen) atoms. The van der Waals surface area contributed by atoms with Crippen LogP contribution in [-0.4, -0.2) is 13.0 Å². The van der Waals surface area contributed by atoms with Gasteiger partial charge in [-0.1, -0.05) is 42.5 Å². The molecule has 0 aromatic heterocycles. The van der Waals surface area contributed by atoms with Crippen LogP contribution in [0.5, 0.6) is 5.75 Å². The van der Waals surface area contributed by atoms with E-state index in [1.807, 2.05) is 48.5 Å². The molecule has 0 unspecified atom stereocenters. The number of rotatable bonds is 4. The highest BCUT2D eigenvalue weighted by molar-refractivity contribution is 6.10. The number of nitrogens with one attached hydrogen (secondary N) is 1. The van der Waals surface area contributed by atoms with Crippen LogP contribution in [-0.2, 0) is 4.79 Å². The molecule has 0 bridgehead atoms. The Balaban J connectivity index is 1.89. The number of methoxy groups -OCH3 is 1. The maximum atomic E-state index is 12.4. The molecule has 1 amide bonds. The Bertz CT molecular complexity index is 977. The molecule has 0 radical (unpaired) electrons. The third-order valence-corrected chi connectivity index (χ3v) is 3.84. The molecular formula is C21H16N2O2. The maximum Gasteiger partial charge on any atom is 0.266 e. The summed E-state index contributed by atoms with van der Waals surface area (Å²) in [5.41, 5.74) is 1.48. The van der Waals surface area contributed by atoms with Gasteiger partial charge in [0.25, 0.3) is 5.91 Å². The van der Waals surface area contributed by atoms with Gasteiger partial charge in [-0.25, -0.2) is 0 Å². The van der Waals surface area contributed by atoms with E-state index in [1.54, 1.807) is 37.5 Å². The quantitative estimate of drug-likeness (QED) is 0.570. The Morgan fingerprint density at radius 3 is 2.48 bits per heavy atom. The molecule has 4 nitrogen and oxygen atoms in total. The minimum absolute atomic E-state index is 0.0483. The van der Waals surface area contributed by atoms with E-state index in [2.05, 4.69) is 5.32 Å². The number of carbonyl (C=O) groups is 1. The predicted octanol–water partition coefficient (Wildman–Crippen LogP) is 4.39. The fourth-order valence-corrected chi connectivity index (χ4v) is 2.55. The van der Waals surface area contributed by atoms with Crippen LogP contribution in [0.15, 0.2) is 72.3 Å². The first-order valence-corrected chi connectivity index (χ1v) is 7.76. The van der Waals surface area contributed by atoms with E-state index >= 15 is 0 Å². The van der Waals surface area contributed by atoms with Gasteiger partial charge < -0.3 is 10.1 Å². The minimum Gasteiger partial charge on any atom is -0.497 e. The molecule has 0 aliphatic heterocycles. The van der Waals surface area contributed by atoms with Crippen LogP contribution >= 0.6 is 0 Å². The molecule has 1 N–H and O–H groups in total. The summed E-state index contributed by atoms with van der Waals surface area (Å²) in [6.45, 7) is 0. The molecule has 0 heterocycles. The van der Waals surface area contributed by atoms with Crippen molar-refractivity contribution in [3.8, 4) is 11.8 Å². The molecule has 0 atom stereocenters. The van der Waals surface area contributed by atoms with Crippen molar-refractivity contribution in [3.05, 3.63) is 77.9 Å². The molecule has 122 valence electrons. The van der Waals surface area contributed by atoms with Crippen molar-refractivity contribution in [3.63, 3.8) is 0 Å². The average molecular weight is 328 g/mol. The summed E-state index contributed by atoms with van der Waals surface area (Å²) >= 11 is 0. The van der Waals surface area contributed by atoms with E-state index in [0.29, 0.717) is 11.4 Å². The number of hydrogen-bond acceptors (Lipinski definition) is 3. The number of carbonyl (C=O) groups excluding carboxylic acids is 1. The molecule has 0 saturated heterocycles. The fourth-order valence-electron chi connectivity index (χ4n) is 2.55. The van der Waals surface area contributed by atoms with E-state index in [9.17, 15) is 10.1 Å². The maximum absolute atomic E-state index is 12.4. The Kier molecular flexibility index (Phi) is 4.77. The molecule has 4 heteroatoms. The van der Waals surface area contributed by atoms with E-state index in [1.165, 1.54) is 0 Å². The standard InChI is InChI=1S/C21H16N2O2/c1-25-19-11-9-18(10-12-19)23-21(24)17(14-22)13-16-7-4-6-15-5-2-3-8-20(15)16/h2-13H,1H3,(H,23,24)/b17-13+. The van der Waals surface area contributed by atoms with Crippen LogP contribution in [0.4, 0.5) is 5.69 Å². The summed E-state index contributed by atoms with van der Waals surface area (Å²) < 4.78 is 5.09. The monoisotopic (exact) mass is 328 g/mol. The molecular weight excluding hydrogens is 312 g/mol. The third-order valence-electron chi connectivity index (χ3n) is 3.84. The summed E-state index contributed by atoms with van der Waals surface area (Å²) in [6.07, 6.45) is 1.61. The summed E-state index contributed by atoms with van der Waals surface area (Å²) in [4.78, 5) is 12.4. The van der Waals surface area contributed by atoms with Gasteiger partial charge in [-0.2, -0.15) is 5.26 Å². The molecule has 3 aromatic rings. The molecule has 0 aliphatic rings. The van der Waals surface area contributed by atoms with E-state index in [4.69, 9.17) is 4.74 Å². The largest absolute Gasteiger partial charge is 0.497 e. The fraction of sp³-hybridized carbons (Fsp3) is 0.0476. The van der Waals surface area contributed by atoms with Crippen LogP contribution < -0.4 is 10.1 Å². The topological polar surface area (TPSA) is 62.1 Å². The smallest absolute Gasteiger partial charge is 0.266 e. The third kappa shape index (κ3) is 3.67. The highest BCUT2D eigenvalue weighted by Gasteiger charge is 2.10. The van der Waals surface area contributed by atoms with Crippen LogP contribution in [0.3, 0.4) is 0 Å². The van der Waals surface area contributed by atoms with Crippen molar-refractivity contribution in [2.75, 3.05) is 12.4 Å². The minimum atomic E-state index is -0.444. The summed E-state index contributed by atoms with van der Waals surface area (Å²) in [6, 6.07) is 22.6. The number of ether oxygens (including phenoxy) is 1. The number of hydrogen-bond donors (Lipinski definition) is 1. The van der Waals surface area contributed by atoms with Gasteiger partial charge in [-0.3, -0.25) is 4.79 Å². The van der Waals surface area contributed by atoms with Crippen LogP contribution in [0.1, 0.15) is 5.56 Å². The molecule has 0 fully saturated rings. The highest BCUT2D eigenvalue weighted by atomic mass is 16.5.